The van der Waals surface area contributed by atoms with Crippen LogP contribution in [-0.2, 0) is 11.3 Å². The van der Waals surface area contributed by atoms with E-state index in [1.807, 2.05) is 31.2 Å². The van der Waals surface area contributed by atoms with Gasteiger partial charge in [0.15, 0.2) is 0 Å². The van der Waals surface area contributed by atoms with Crippen molar-refractivity contribution in [3.63, 3.8) is 0 Å². The molecule has 0 radical (unpaired) electrons. The number of rotatable bonds is 7. The van der Waals surface area contributed by atoms with Crippen LogP contribution in [0.1, 0.15) is 22.8 Å². The highest BCUT2D eigenvalue weighted by Crippen LogP contribution is 2.18. The van der Waals surface area contributed by atoms with Gasteiger partial charge in [-0.1, -0.05) is 29.8 Å². The van der Waals surface area contributed by atoms with Crippen LogP contribution < -0.4 is 10.1 Å². The first-order valence-corrected chi connectivity index (χ1v) is 10.2. The Labute approximate surface area is 176 Å². The summed E-state index contributed by atoms with van der Waals surface area (Å²) in [6.45, 7) is 5.66. The second kappa shape index (κ2) is 10.3. The van der Waals surface area contributed by atoms with Gasteiger partial charge in [-0.15, -0.1) is 0 Å². The number of piperazine rings is 1. The van der Waals surface area contributed by atoms with E-state index < -0.39 is 0 Å². The van der Waals surface area contributed by atoms with Crippen LogP contribution in [0.5, 0.6) is 5.75 Å². The summed E-state index contributed by atoms with van der Waals surface area (Å²) in [7, 11) is 0. The second-order valence-electron chi connectivity index (χ2n) is 6.88. The van der Waals surface area contributed by atoms with Gasteiger partial charge in [-0.25, -0.2) is 0 Å². The first-order chi connectivity index (χ1) is 14.1. The predicted molar refractivity (Wildman–Crippen MR) is 113 cm³/mol. The summed E-state index contributed by atoms with van der Waals surface area (Å²) in [5, 5.41) is 3.72. The Morgan fingerprint density at radius 3 is 2.62 bits per heavy atom. The molecule has 2 aromatic rings. The van der Waals surface area contributed by atoms with E-state index >= 15 is 0 Å². The van der Waals surface area contributed by atoms with E-state index in [-0.39, 0.29) is 18.4 Å². The maximum atomic E-state index is 13.2. The molecule has 0 aliphatic carbocycles. The highest BCUT2D eigenvalue weighted by atomic mass is 35.5. The molecule has 1 saturated heterocycles. The minimum absolute atomic E-state index is 0.0181. The number of benzene rings is 2. The Kier molecular flexibility index (Phi) is 7.49. The minimum Gasteiger partial charge on any atom is -0.494 e. The molecule has 29 heavy (non-hydrogen) atoms. The van der Waals surface area contributed by atoms with E-state index in [1.165, 1.54) is 0 Å². The van der Waals surface area contributed by atoms with Crippen molar-refractivity contribution in [3.05, 3.63) is 64.7 Å². The maximum Gasteiger partial charge on any atom is 0.254 e. The van der Waals surface area contributed by atoms with Crippen molar-refractivity contribution in [2.45, 2.75) is 13.5 Å². The van der Waals surface area contributed by atoms with Crippen molar-refractivity contribution >= 4 is 23.4 Å². The third-order valence-electron chi connectivity index (χ3n) is 4.74. The topological polar surface area (TPSA) is 61.9 Å². The van der Waals surface area contributed by atoms with Crippen LogP contribution in [0.2, 0.25) is 5.02 Å². The van der Waals surface area contributed by atoms with Crippen LogP contribution in [0, 0.1) is 0 Å². The lowest BCUT2D eigenvalue weighted by atomic mass is 10.1. The molecule has 0 atom stereocenters. The number of hydrogen-bond donors (Lipinski definition) is 1. The van der Waals surface area contributed by atoms with Crippen LogP contribution >= 0.6 is 11.6 Å². The molecule has 2 aromatic carbocycles. The van der Waals surface area contributed by atoms with Crippen LogP contribution in [0.25, 0.3) is 0 Å². The van der Waals surface area contributed by atoms with Crippen molar-refractivity contribution in [1.29, 1.82) is 0 Å². The Hall–Kier alpha value is -2.57. The molecule has 1 fully saturated rings. The fourth-order valence-electron chi connectivity index (χ4n) is 3.30. The number of carbonyl (C=O) groups excluding carboxylic acids is 2. The van der Waals surface area contributed by atoms with Gasteiger partial charge in [0.05, 0.1) is 6.61 Å². The largest absolute Gasteiger partial charge is 0.494 e. The molecule has 1 aliphatic heterocycles. The minimum atomic E-state index is -0.224. The zero-order chi connectivity index (χ0) is 20.6. The SMILES string of the molecule is CCOc1cccc(CN(CC(=O)N2CCNCC2)C(=O)c2cccc(Cl)c2)c1. The number of ether oxygens (including phenoxy) is 1. The van der Waals surface area contributed by atoms with Gasteiger partial charge in [-0.3, -0.25) is 9.59 Å². The van der Waals surface area contributed by atoms with Crippen LogP contribution in [0.4, 0.5) is 0 Å². The summed E-state index contributed by atoms with van der Waals surface area (Å²) in [4.78, 5) is 29.4. The standard InChI is InChI=1S/C22H26ClN3O3/c1-2-29-20-8-3-5-17(13-20)15-26(16-21(27)25-11-9-24-10-12-25)22(28)18-6-4-7-19(23)14-18/h3-8,13-14,24H,2,9-12,15-16H2,1H3. The van der Waals surface area contributed by atoms with E-state index in [2.05, 4.69) is 5.32 Å². The average molecular weight is 416 g/mol. The molecule has 1 heterocycles. The molecular formula is C22H26ClN3O3. The fourth-order valence-corrected chi connectivity index (χ4v) is 3.49. The molecule has 1 aliphatic rings. The van der Waals surface area contributed by atoms with Gasteiger partial charge >= 0.3 is 0 Å². The molecular weight excluding hydrogens is 390 g/mol. The van der Waals surface area contributed by atoms with E-state index in [4.69, 9.17) is 16.3 Å². The highest BCUT2D eigenvalue weighted by Gasteiger charge is 2.24. The molecule has 0 saturated carbocycles. The number of nitrogens with zero attached hydrogens (tertiary/aromatic N) is 2. The van der Waals surface area contributed by atoms with E-state index in [0.29, 0.717) is 36.8 Å². The number of amides is 2. The molecule has 0 unspecified atom stereocenters. The maximum absolute atomic E-state index is 13.2. The van der Waals surface area contributed by atoms with Crippen LogP contribution in [0.15, 0.2) is 48.5 Å². The van der Waals surface area contributed by atoms with Gasteiger partial charge in [-0.05, 0) is 42.8 Å². The average Bonchev–Trinajstić information content (AvgIpc) is 2.74. The van der Waals surface area contributed by atoms with Gasteiger partial charge in [0, 0.05) is 43.3 Å². The van der Waals surface area contributed by atoms with Gasteiger partial charge < -0.3 is 19.9 Å². The first-order valence-electron chi connectivity index (χ1n) is 9.82. The monoisotopic (exact) mass is 415 g/mol. The quantitative estimate of drug-likeness (QED) is 0.755. The van der Waals surface area contributed by atoms with Crippen LogP contribution in [-0.4, -0.2) is 60.9 Å². The van der Waals surface area contributed by atoms with E-state index in [0.717, 1.165) is 24.4 Å². The number of halogens is 1. The second-order valence-corrected chi connectivity index (χ2v) is 7.32. The van der Waals surface area contributed by atoms with E-state index in [1.54, 1.807) is 34.1 Å². The summed E-state index contributed by atoms with van der Waals surface area (Å²) in [5.74, 6) is 0.467. The van der Waals surface area contributed by atoms with Gasteiger partial charge in [-0.2, -0.15) is 0 Å². The van der Waals surface area contributed by atoms with Crippen molar-refractivity contribution in [3.8, 4) is 5.75 Å². The Morgan fingerprint density at radius 1 is 1.14 bits per heavy atom. The zero-order valence-corrected chi connectivity index (χ0v) is 17.3. The normalized spacial score (nSPS) is 13.8. The molecule has 0 spiro atoms. The van der Waals surface area contributed by atoms with Gasteiger partial charge in [0.25, 0.3) is 5.91 Å². The highest BCUT2D eigenvalue weighted by molar-refractivity contribution is 6.31. The lowest BCUT2D eigenvalue weighted by molar-refractivity contribution is -0.132. The third-order valence-corrected chi connectivity index (χ3v) is 4.97. The summed E-state index contributed by atoms with van der Waals surface area (Å²) in [6, 6.07) is 14.4. The summed E-state index contributed by atoms with van der Waals surface area (Å²) < 4.78 is 5.56. The molecule has 2 amide bonds. The summed E-state index contributed by atoms with van der Waals surface area (Å²) in [5.41, 5.74) is 1.37. The number of nitrogens with one attached hydrogen (secondary N) is 1. The van der Waals surface area contributed by atoms with Crippen molar-refractivity contribution < 1.29 is 14.3 Å². The molecule has 154 valence electrons. The number of hydrogen-bond acceptors (Lipinski definition) is 4. The molecule has 0 bridgehead atoms. The molecule has 0 aromatic heterocycles. The van der Waals surface area contributed by atoms with Crippen molar-refractivity contribution in [2.75, 3.05) is 39.3 Å². The lowest BCUT2D eigenvalue weighted by Gasteiger charge is -2.30. The third kappa shape index (κ3) is 5.95. The fraction of sp³-hybridized carbons (Fsp3) is 0.364. The Balaban J connectivity index is 1.81. The van der Waals surface area contributed by atoms with Gasteiger partial charge in [0.1, 0.15) is 12.3 Å². The van der Waals surface area contributed by atoms with Gasteiger partial charge in [0.2, 0.25) is 5.91 Å². The summed E-state index contributed by atoms with van der Waals surface area (Å²) >= 11 is 6.07. The Morgan fingerprint density at radius 2 is 1.90 bits per heavy atom. The van der Waals surface area contributed by atoms with Crippen molar-refractivity contribution in [1.82, 2.24) is 15.1 Å². The zero-order valence-electron chi connectivity index (χ0n) is 16.6. The molecule has 6 nitrogen and oxygen atoms in total. The smallest absolute Gasteiger partial charge is 0.254 e. The number of carbonyl (C=O) groups is 2. The van der Waals surface area contributed by atoms with Crippen LogP contribution in [0.3, 0.4) is 0 Å². The Bertz CT molecular complexity index is 853. The van der Waals surface area contributed by atoms with E-state index in [9.17, 15) is 9.59 Å². The molecule has 7 heteroatoms. The summed E-state index contributed by atoms with van der Waals surface area (Å²) in [6.07, 6.45) is 0. The molecule has 1 N–H and O–H groups in total. The predicted octanol–water partition coefficient (Wildman–Crippen LogP) is 2.81. The lowest BCUT2D eigenvalue weighted by Crippen LogP contribution is -2.50. The molecule has 3 rings (SSSR count). The van der Waals surface area contributed by atoms with Crippen molar-refractivity contribution in [2.24, 2.45) is 0 Å². The first kappa shape index (κ1) is 21.1.